The van der Waals surface area contributed by atoms with Crippen molar-refractivity contribution in [1.29, 1.82) is 0 Å². The number of carbonyl (C=O) groups excluding carboxylic acids is 4. The summed E-state index contributed by atoms with van der Waals surface area (Å²) in [6.45, 7) is 9.55. The zero-order valence-corrected chi connectivity index (χ0v) is 63.9. The summed E-state index contributed by atoms with van der Waals surface area (Å²) in [4.78, 5) is 72.8. The van der Waals surface area contributed by atoms with Crippen LogP contribution in [-0.2, 0) is 65.4 Å². The van der Waals surface area contributed by atoms with Crippen molar-refractivity contribution in [2.75, 3.05) is 39.6 Å². The Balaban J connectivity index is 5.29. The van der Waals surface area contributed by atoms with E-state index in [0.717, 1.165) is 121 Å². The Hall–Kier alpha value is -2.46. The molecule has 0 aromatic rings. The smallest absolute Gasteiger partial charge is 0.462 e. The van der Waals surface area contributed by atoms with Crippen LogP contribution in [0, 0.1) is 11.8 Å². The van der Waals surface area contributed by atoms with Crippen LogP contribution in [0.25, 0.3) is 0 Å². The van der Waals surface area contributed by atoms with E-state index in [-0.39, 0.29) is 25.7 Å². The molecular formula is C77H146O17P2. The lowest BCUT2D eigenvalue weighted by molar-refractivity contribution is -0.161. The molecule has 0 aliphatic heterocycles. The highest BCUT2D eigenvalue weighted by Crippen LogP contribution is 2.45. The van der Waals surface area contributed by atoms with E-state index < -0.39 is 97.5 Å². The minimum absolute atomic E-state index is 0.101. The first-order valence-electron chi connectivity index (χ1n) is 39.3. The van der Waals surface area contributed by atoms with Gasteiger partial charge in [-0.3, -0.25) is 37.3 Å². The van der Waals surface area contributed by atoms with Crippen molar-refractivity contribution in [2.45, 2.75) is 394 Å². The van der Waals surface area contributed by atoms with Gasteiger partial charge >= 0.3 is 39.5 Å². The van der Waals surface area contributed by atoms with Crippen molar-refractivity contribution < 1.29 is 80.2 Å². The molecule has 0 rings (SSSR count). The number of carbonyl (C=O) groups is 4. The number of phosphoric acid groups is 2. The predicted octanol–water partition coefficient (Wildman–Crippen LogP) is 22.3. The molecule has 6 atom stereocenters. The summed E-state index contributed by atoms with van der Waals surface area (Å²) in [6, 6.07) is 0. The van der Waals surface area contributed by atoms with E-state index in [1.165, 1.54) is 173 Å². The summed E-state index contributed by atoms with van der Waals surface area (Å²) in [6.07, 6.45) is 58.9. The molecule has 0 aromatic carbocycles. The maximum atomic E-state index is 13.1. The SMILES string of the molecule is CCCCCC/C=C\C=C/CCCCCCCC(=O)OC[C@H](COP(=O)(O)OC[C@@H](O)COP(=O)(O)OC[C@@H](COC(=O)CCCCCCCCCCC(C)C)OC(=O)CCCCCCCCCCCCCC)OC(=O)CCCCCCCCCCCCCCCCC(C)CC. The number of rotatable bonds is 74. The molecule has 0 fully saturated rings. The van der Waals surface area contributed by atoms with Gasteiger partial charge in [-0.05, 0) is 63.2 Å². The maximum absolute atomic E-state index is 13.1. The Morgan fingerprint density at radius 2 is 0.615 bits per heavy atom. The third-order valence-electron chi connectivity index (χ3n) is 17.7. The Kier molecular flexibility index (Phi) is 66.6. The van der Waals surface area contributed by atoms with Gasteiger partial charge in [0, 0.05) is 25.7 Å². The third-order valence-corrected chi connectivity index (χ3v) is 19.6. The van der Waals surface area contributed by atoms with Crippen LogP contribution < -0.4 is 0 Å². The molecule has 19 heteroatoms. The van der Waals surface area contributed by atoms with Crippen LogP contribution in [0.5, 0.6) is 0 Å². The first-order valence-corrected chi connectivity index (χ1v) is 42.3. The van der Waals surface area contributed by atoms with Gasteiger partial charge < -0.3 is 33.8 Å². The molecule has 0 heterocycles. The number of esters is 4. The molecule has 3 unspecified atom stereocenters. The monoisotopic (exact) mass is 1410 g/mol. The van der Waals surface area contributed by atoms with Crippen LogP contribution in [0.2, 0.25) is 0 Å². The highest BCUT2D eigenvalue weighted by Gasteiger charge is 2.30. The molecule has 0 spiro atoms. The number of aliphatic hydroxyl groups excluding tert-OH is 1. The standard InChI is InChI=1S/C77H146O17P2/c1-7-10-12-14-16-18-20-22-23-27-31-34-41-47-53-59-74(79)87-65-72(93-77(82)62-56-50-44-36-32-28-25-24-26-29-33-40-46-52-58-70(6)9-3)67-91-95(83,84)89-63-71(78)64-90-96(85,86)92-68-73(66-88-75(80)60-54-48-42-38-37-39-45-51-57-69(4)5)94-76(81)61-55-49-43-35-30-21-19-17-15-13-11-8-2/h18,20,22-23,69-73,78H,7-17,19,21,24-68H2,1-6H3,(H,83,84)(H,85,86)/b20-18-,23-22-/t70?,71-,72-,73-/m1/s1. The maximum Gasteiger partial charge on any atom is 0.472 e. The normalized spacial score (nSPS) is 14.4. The van der Waals surface area contributed by atoms with Gasteiger partial charge in [0.25, 0.3) is 0 Å². The van der Waals surface area contributed by atoms with Gasteiger partial charge in [-0.15, -0.1) is 0 Å². The van der Waals surface area contributed by atoms with Gasteiger partial charge in [-0.2, -0.15) is 0 Å². The predicted molar refractivity (Wildman–Crippen MR) is 391 cm³/mol. The van der Waals surface area contributed by atoms with Crippen LogP contribution in [0.4, 0.5) is 0 Å². The number of aliphatic hydroxyl groups is 1. The molecule has 0 radical (unpaired) electrons. The lowest BCUT2D eigenvalue weighted by Crippen LogP contribution is -2.30. The number of ether oxygens (including phenoxy) is 4. The fourth-order valence-corrected chi connectivity index (χ4v) is 12.8. The highest BCUT2D eigenvalue weighted by atomic mass is 31.2. The number of allylic oxidation sites excluding steroid dienone is 4. The molecule has 96 heavy (non-hydrogen) atoms. The zero-order chi connectivity index (χ0) is 70.7. The van der Waals surface area contributed by atoms with Crippen molar-refractivity contribution in [3.05, 3.63) is 24.3 Å². The molecule has 0 bridgehead atoms. The summed E-state index contributed by atoms with van der Waals surface area (Å²) in [5.74, 6) is -0.575. The zero-order valence-electron chi connectivity index (χ0n) is 62.2. The van der Waals surface area contributed by atoms with E-state index in [0.29, 0.717) is 25.7 Å². The number of phosphoric ester groups is 2. The van der Waals surface area contributed by atoms with Gasteiger partial charge in [0.05, 0.1) is 26.4 Å². The van der Waals surface area contributed by atoms with Gasteiger partial charge in [0.2, 0.25) is 0 Å². The second-order valence-corrected chi connectivity index (χ2v) is 30.7. The van der Waals surface area contributed by atoms with E-state index >= 15 is 0 Å². The molecule has 0 aliphatic carbocycles. The Morgan fingerprint density at radius 1 is 0.344 bits per heavy atom. The molecule has 17 nitrogen and oxygen atoms in total. The van der Waals surface area contributed by atoms with Crippen molar-refractivity contribution in [3.8, 4) is 0 Å². The first-order chi connectivity index (χ1) is 46.4. The second kappa shape index (κ2) is 68.3. The molecule has 0 saturated carbocycles. The van der Waals surface area contributed by atoms with Gasteiger partial charge in [0.1, 0.15) is 19.3 Å². The molecule has 3 N–H and O–H groups in total. The van der Waals surface area contributed by atoms with Crippen molar-refractivity contribution >= 4 is 39.5 Å². The summed E-state index contributed by atoms with van der Waals surface area (Å²) in [5, 5.41) is 10.6. The molecule has 0 amide bonds. The van der Waals surface area contributed by atoms with E-state index in [1.54, 1.807) is 0 Å². The summed E-state index contributed by atoms with van der Waals surface area (Å²) in [7, 11) is -9.92. The van der Waals surface area contributed by atoms with Crippen molar-refractivity contribution in [1.82, 2.24) is 0 Å². The van der Waals surface area contributed by atoms with Crippen molar-refractivity contribution in [3.63, 3.8) is 0 Å². The number of hydrogen-bond acceptors (Lipinski definition) is 15. The minimum atomic E-state index is -4.97. The topological polar surface area (TPSA) is 237 Å². The first kappa shape index (κ1) is 93.5. The molecule has 0 aromatic heterocycles. The fraction of sp³-hybridized carbons (Fsp3) is 0.896. The quantitative estimate of drug-likeness (QED) is 0.0169. The number of unbranched alkanes of at least 4 members (excludes halogenated alkanes) is 40. The second-order valence-electron chi connectivity index (χ2n) is 27.8. The lowest BCUT2D eigenvalue weighted by atomic mass is 9.99. The van der Waals surface area contributed by atoms with Crippen LogP contribution in [0.3, 0.4) is 0 Å². The van der Waals surface area contributed by atoms with E-state index in [2.05, 4.69) is 65.8 Å². The van der Waals surface area contributed by atoms with Crippen LogP contribution in [0.15, 0.2) is 24.3 Å². The summed E-state index contributed by atoms with van der Waals surface area (Å²) < 4.78 is 68.5. The third kappa shape index (κ3) is 68.7. The van der Waals surface area contributed by atoms with E-state index in [1.807, 2.05) is 0 Å². The van der Waals surface area contributed by atoms with Crippen molar-refractivity contribution in [2.24, 2.45) is 11.8 Å². The average Bonchev–Trinajstić information content (AvgIpc) is 1.15. The van der Waals surface area contributed by atoms with Crippen LogP contribution >= 0.6 is 15.6 Å². The Morgan fingerprint density at radius 3 is 0.938 bits per heavy atom. The molecule has 566 valence electrons. The van der Waals surface area contributed by atoms with Gasteiger partial charge in [0.15, 0.2) is 12.2 Å². The van der Waals surface area contributed by atoms with Crippen LogP contribution in [-0.4, -0.2) is 96.7 Å². The molecular weight excluding hydrogens is 1260 g/mol. The highest BCUT2D eigenvalue weighted by molar-refractivity contribution is 7.47. The number of hydrogen-bond donors (Lipinski definition) is 3. The summed E-state index contributed by atoms with van der Waals surface area (Å²) >= 11 is 0. The van der Waals surface area contributed by atoms with Gasteiger partial charge in [-0.1, -0.05) is 323 Å². The molecule has 0 aliphatic rings. The average molecular weight is 1410 g/mol. The largest absolute Gasteiger partial charge is 0.472 e. The minimum Gasteiger partial charge on any atom is -0.462 e. The summed E-state index contributed by atoms with van der Waals surface area (Å²) in [5.41, 5.74) is 0. The Bertz CT molecular complexity index is 1950. The van der Waals surface area contributed by atoms with Crippen LogP contribution in [0.1, 0.15) is 375 Å². The van der Waals surface area contributed by atoms with Gasteiger partial charge in [-0.25, -0.2) is 9.13 Å². The van der Waals surface area contributed by atoms with E-state index in [4.69, 9.17) is 37.0 Å². The lowest BCUT2D eigenvalue weighted by Gasteiger charge is -2.21. The van der Waals surface area contributed by atoms with E-state index in [9.17, 15) is 43.2 Å². The Labute approximate surface area is 586 Å². The fourth-order valence-electron chi connectivity index (χ4n) is 11.3. The molecule has 0 saturated heterocycles.